The number of thiocarbonyl (C=S) groups is 1. The third-order valence-electron chi connectivity index (χ3n) is 6.95. The molecule has 3 rings (SSSR count). The molecule has 6 atom stereocenters. The van der Waals surface area contributed by atoms with Gasteiger partial charge in [0.1, 0.15) is 30.4 Å². The molecule has 7 N–H and O–H groups in total. The summed E-state index contributed by atoms with van der Waals surface area (Å²) in [6.45, 7) is 3.42. The fourth-order valence-corrected chi connectivity index (χ4v) is 6.76. The summed E-state index contributed by atoms with van der Waals surface area (Å²) in [6.07, 6.45) is -5.31. The molecule has 1 aliphatic rings. The lowest BCUT2D eigenvalue weighted by atomic mass is 9.96. The van der Waals surface area contributed by atoms with Crippen LogP contribution in [0.5, 0.6) is 0 Å². The number of ether oxygens (including phenoxy) is 1. The second-order valence-corrected chi connectivity index (χ2v) is 12.7. The van der Waals surface area contributed by atoms with Crippen molar-refractivity contribution in [1.82, 2.24) is 20.3 Å². The smallest absolute Gasteiger partial charge is 0.322 e. The van der Waals surface area contributed by atoms with E-state index in [0.29, 0.717) is 0 Å². The molecule has 236 valence electrons. The van der Waals surface area contributed by atoms with E-state index < -0.39 is 71.0 Å². The number of nitrogens with one attached hydrogen (secondary N) is 3. The number of carbonyl (C=O) groups is 2. The van der Waals surface area contributed by atoms with E-state index in [1.807, 2.05) is 30.3 Å². The van der Waals surface area contributed by atoms with Gasteiger partial charge < -0.3 is 41.1 Å². The van der Waals surface area contributed by atoms with E-state index in [0.717, 1.165) is 15.4 Å². The first-order chi connectivity index (χ1) is 20.3. The van der Waals surface area contributed by atoms with Crippen LogP contribution in [0.4, 0.5) is 0 Å². The number of rotatable bonds is 12. The molecule has 0 bridgehead atoms. The molecule has 0 spiro atoms. The molecule has 13 nitrogen and oxygen atoms in total. The number of aliphatic hydroxyl groups excluding tert-OH is 3. The Balaban J connectivity index is 1.77. The number of hydrogen-bond acceptors (Lipinski definition) is 9. The van der Waals surface area contributed by atoms with E-state index in [-0.39, 0.29) is 23.1 Å². The quantitative estimate of drug-likeness (QED) is 0.152. The van der Waals surface area contributed by atoms with Crippen molar-refractivity contribution in [3.8, 4) is 11.1 Å². The van der Waals surface area contributed by atoms with Crippen LogP contribution >= 0.6 is 12.2 Å². The van der Waals surface area contributed by atoms with Crippen molar-refractivity contribution in [2.75, 3.05) is 19.7 Å². The first-order valence-electron chi connectivity index (χ1n) is 13.6. The monoisotopic (exact) mass is 638 g/mol. The Hall–Kier alpha value is -3.18. The molecule has 1 fully saturated rings. The zero-order valence-electron chi connectivity index (χ0n) is 24.0. The van der Waals surface area contributed by atoms with Gasteiger partial charge in [-0.05, 0) is 41.4 Å². The summed E-state index contributed by atoms with van der Waals surface area (Å²) in [5, 5.41) is 48.1. The molecular formula is C28H38N4O9S2. The Labute approximate surface area is 255 Å². The summed E-state index contributed by atoms with van der Waals surface area (Å²) in [7, 11) is -4.27. The minimum atomic E-state index is -4.27. The van der Waals surface area contributed by atoms with Gasteiger partial charge in [-0.15, -0.1) is 0 Å². The Kier molecular flexibility index (Phi) is 12.0. The lowest BCUT2D eigenvalue weighted by Crippen LogP contribution is -2.68. The number of nitrogens with zero attached hydrogens (tertiary/aromatic N) is 1. The third kappa shape index (κ3) is 8.47. The predicted molar refractivity (Wildman–Crippen MR) is 161 cm³/mol. The van der Waals surface area contributed by atoms with Crippen LogP contribution < -0.4 is 16.0 Å². The van der Waals surface area contributed by atoms with Crippen LogP contribution in [0.2, 0.25) is 0 Å². The molecule has 0 unspecified atom stereocenters. The molecule has 1 saturated heterocycles. The molecule has 1 amide bonds. The zero-order valence-corrected chi connectivity index (χ0v) is 25.6. The summed E-state index contributed by atoms with van der Waals surface area (Å²) in [5.74, 6) is -2.39. The number of hydrogen-bond donors (Lipinski definition) is 7. The molecule has 15 heteroatoms. The predicted octanol–water partition coefficient (Wildman–Crippen LogP) is -0.139. The SMILES string of the molecule is CC(=O)N[C@@H]1[C@@H](O)[C@H](O)[C@@H](CO)O[C@H]1NC(=S)NCCN([C@H](C(=O)O)C(C)C)S(=O)(=O)c1ccc(-c2ccccc2)cc1. The standard InChI is InChI=1S/C28H38N4O9S2/c1-16(2)23(27(37)38)32(43(39,40)20-11-9-19(10-12-20)18-7-5-4-6-8-18)14-13-29-28(42)31-26-22(30-17(3)34)25(36)24(35)21(15-33)41-26/h4-12,16,21-26,33,35-36H,13-15H2,1-3H3,(H,30,34)(H,37,38)(H2,29,31,42)/t21-,22-,23+,24-,25-,26-/m1/s1. The van der Waals surface area contributed by atoms with E-state index in [4.69, 9.17) is 17.0 Å². The van der Waals surface area contributed by atoms with Crippen molar-refractivity contribution in [2.24, 2.45) is 5.92 Å². The summed E-state index contributed by atoms with van der Waals surface area (Å²) in [6, 6.07) is 13.0. The molecule has 1 heterocycles. The lowest BCUT2D eigenvalue weighted by Gasteiger charge is -2.43. The Bertz CT molecular complexity index is 1360. The normalized spacial score (nSPS) is 23.0. The van der Waals surface area contributed by atoms with Gasteiger partial charge >= 0.3 is 5.97 Å². The maximum absolute atomic E-state index is 13.8. The minimum absolute atomic E-state index is 0.0679. The maximum Gasteiger partial charge on any atom is 0.322 e. The van der Waals surface area contributed by atoms with Crippen molar-refractivity contribution in [3.05, 3.63) is 54.6 Å². The van der Waals surface area contributed by atoms with Gasteiger partial charge in [0.05, 0.1) is 11.5 Å². The van der Waals surface area contributed by atoms with Crippen LogP contribution in [0.25, 0.3) is 11.1 Å². The number of carbonyl (C=O) groups excluding carboxylic acids is 1. The van der Waals surface area contributed by atoms with Crippen molar-refractivity contribution in [1.29, 1.82) is 0 Å². The van der Waals surface area contributed by atoms with Gasteiger partial charge in [-0.3, -0.25) is 9.59 Å². The second kappa shape index (κ2) is 15.0. The fourth-order valence-electron chi connectivity index (χ4n) is 4.83. The number of amides is 1. The third-order valence-corrected chi connectivity index (χ3v) is 9.11. The molecule has 43 heavy (non-hydrogen) atoms. The molecule has 0 radical (unpaired) electrons. The number of carboxylic acid groups (broad SMARTS) is 1. The van der Waals surface area contributed by atoms with E-state index in [9.17, 15) is 38.4 Å². The van der Waals surface area contributed by atoms with Gasteiger partial charge in [-0.25, -0.2) is 8.42 Å². The van der Waals surface area contributed by atoms with Gasteiger partial charge in [-0.1, -0.05) is 56.3 Å². The Morgan fingerprint density at radius 1 is 1.00 bits per heavy atom. The largest absolute Gasteiger partial charge is 0.480 e. The summed E-state index contributed by atoms with van der Waals surface area (Å²) in [4.78, 5) is 23.8. The van der Waals surface area contributed by atoms with Crippen LogP contribution in [-0.2, 0) is 24.3 Å². The molecule has 1 aliphatic heterocycles. The lowest BCUT2D eigenvalue weighted by molar-refractivity contribution is -0.198. The van der Waals surface area contributed by atoms with E-state index in [1.165, 1.54) is 19.1 Å². The average molecular weight is 639 g/mol. The highest BCUT2D eigenvalue weighted by Gasteiger charge is 2.45. The van der Waals surface area contributed by atoms with Crippen molar-refractivity contribution in [3.63, 3.8) is 0 Å². The highest BCUT2D eigenvalue weighted by Crippen LogP contribution is 2.26. The van der Waals surface area contributed by atoms with Crippen LogP contribution in [-0.4, -0.2) is 106 Å². The molecule has 0 saturated carbocycles. The number of aliphatic hydroxyl groups is 3. The van der Waals surface area contributed by atoms with Crippen LogP contribution in [0.1, 0.15) is 20.8 Å². The number of carboxylic acids is 1. The first kappa shape index (κ1) is 34.3. The van der Waals surface area contributed by atoms with Gasteiger partial charge in [0.25, 0.3) is 0 Å². The first-order valence-corrected chi connectivity index (χ1v) is 15.5. The topological polar surface area (TPSA) is 198 Å². The molecule has 0 aliphatic carbocycles. The second-order valence-electron chi connectivity index (χ2n) is 10.4. The molecule has 2 aromatic carbocycles. The van der Waals surface area contributed by atoms with Crippen molar-refractivity contribution < 1.29 is 43.2 Å². The number of aliphatic carboxylic acids is 1. The maximum atomic E-state index is 13.8. The highest BCUT2D eigenvalue weighted by molar-refractivity contribution is 7.89. The minimum Gasteiger partial charge on any atom is -0.480 e. The summed E-state index contributed by atoms with van der Waals surface area (Å²) >= 11 is 5.31. The van der Waals surface area contributed by atoms with Crippen LogP contribution in [0, 0.1) is 5.92 Å². The number of benzene rings is 2. The van der Waals surface area contributed by atoms with E-state index >= 15 is 0 Å². The van der Waals surface area contributed by atoms with Gasteiger partial charge in [-0.2, -0.15) is 4.31 Å². The van der Waals surface area contributed by atoms with Crippen molar-refractivity contribution in [2.45, 2.75) is 62.3 Å². The van der Waals surface area contributed by atoms with Crippen LogP contribution in [0.15, 0.2) is 59.5 Å². The Morgan fingerprint density at radius 3 is 2.14 bits per heavy atom. The van der Waals surface area contributed by atoms with Gasteiger partial charge in [0.2, 0.25) is 15.9 Å². The summed E-state index contributed by atoms with van der Waals surface area (Å²) in [5.41, 5.74) is 1.69. The van der Waals surface area contributed by atoms with E-state index in [2.05, 4.69) is 16.0 Å². The highest BCUT2D eigenvalue weighted by atomic mass is 32.2. The average Bonchev–Trinajstić information content (AvgIpc) is 2.96. The fraction of sp³-hybridized carbons (Fsp3) is 0.464. The zero-order chi connectivity index (χ0) is 31.9. The molecular weight excluding hydrogens is 600 g/mol. The summed E-state index contributed by atoms with van der Waals surface area (Å²) < 4.78 is 34.0. The molecule has 2 aromatic rings. The van der Waals surface area contributed by atoms with Crippen LogP contribution in [0.3, 0.4) is 0 Å². The van der Waals surface area contributed by atoms with Gasteiger partial charge in [0.15, 0.2) is 11.3 Å². The van der Waals surface area contributed by atoms with Gasteiger partial charge in [0, 0.05) is 20.0 Å². The molecule has 0 aromatic heterocycles. The number of sulfonamides is 1. The van der Waals surface area contributed by atoms with Crippen molar-refractivity contribution >= 4 is 39.2 Å². The Morgan fingerprint density at radius 2 is 1.60 bits per heavy atom. The van der Waals surface area contributed by atoms with E-state index in [1.54, 1.807) is 26.0 Å².